The summed E-state index contributed by atoms with van der Waals surface area (Å²) in [6.45, 7) is 8.96. The average molecular weight is 259 g/mol. The standard InChI is InChI=1S/C17H25NO/c1-4-12-18(15(2)3)14-17-10-8-16(9-11-17)7-5-6-13-19/h8-11,15,19H,4,6,12-14H2,1-3H3. The molecule has 0 aromatic heterocycles. The van der Waals surface area contributed by atoms with Gasteiger partial charge in [-0.25, -0.2) is 0 Å². The number of nitrogens with zero attached hydrogens (tertiary/aromatic N) is 1. The zero-order valence-corrected chi connectivity index (χ0v) is 12.3. The van der Waals surface area contributed by atoms with Crippen LogP contribution in [0.1, 0.15) is 44.7 Å². The van der Waals surface area contributed by atoms with Crippen molar-refractivity contribution in [3.63, 3.8) is 0 Å². The van der Waals surface area contributed by atoms with E-state index in [1.54, 1.807) is 0 Å². The minimum absolute atomic E-state index is 0.130. The second-order valence-corrected chi connectivity index (χ2v) is 5.04. The zero-order valence-electron chi connectivity index (χ0n) is 12.3. The van der Waals surface area contributed by atoms with Crippen LogP contribution in [-0.4, -0.2) is 29.2 Å². The Bertz CT molecular complexity index is 411. The van der Waals surface area contributed by atoms with Crippen molar-refractivity contribution >= 4 is 0 Å². The van der Waals surface area contributed by atoms with Crippen molar-refractivity contribution < 1.29 is 5.11 Å². The predicted octanol–water partition coefficient (Wildman–Crippen LogP) is 3.04. The van der Waals surface area contributed by atoms with E-state index in [4.69, 9.17) is 5.11 Å². The fourth-order valence-electron chi connectivity index (χ4n) is 1.96. The van der Waals surface area contributed by atoms with Crippen LogP contribution in [0.4, 0.5) is 0 Å². The molecule has 0 saturated heterocycles. The minimum Gasteiger partial charge on any atom is -0.395 e. The van der Waals surface area contributed by atoms with Crippen LogP contribution in [0.5, 0.6) is 0 Å². The first-order valence-corrected chi connectivity index (χ1v) is 7.10. The van der Waals surface area contributed by atoms with Crippen LogP contribution >= 0.6 is 0 Å². The Morgan fingerprint density at radius 2 is 1.89 bits per heavy atom. The normalized spacial score (nSPS) is 10.6. The SMILES string of the molecule is CCCN(Cc1ccc(C#CCCO)cc1)C(C)C. The lowest BCUT2D eigenvalue weighted by molar-refractivity contribution is 0.213. The first-order valence-electron chi connectivity index (χ1n) is 7.10. The Morgan fingerprint density at radius 1 is 1.21 bits per heavy atom. The molecule has 19 heavy (non-hydrogen) atoms. The third kappa shape index (κ3) is 5.92. The highest BCUT2D eigenvalue weighted by Crippen LogP contribution is 2.10. The van der Waals surface area contributed by atoms with Crippen LogP contribution in [0, 0.1) is 11.8 Å². The van der Waals surface area contributed by atoms with E-state index in [9.17, 15) is 0 Å². The quantitative estimate of drug-likeness (QED) is 0.794. The smallest absolute Gasteiger partial charge is 0.0540 e. The highest BCUT2D eigenvalue weighted by atomic mass is 16.2. The molecular weight excluding hydrogens is 234 g/mol. The number of benzene rings is 1. The predicted molar refractivity (Wildman–Crippen MR) is 80.9 cm³/mol. The van der Waals surface area contributed by atoms with Gasteiger partial charge in [0.05, 0.1) is 6.61 Å². The molecule has 0 fully saturated rings. The van der Waals surface area contributed by atoms with Gasteiger partial charge >= 0.3 is 0 Å². The van der Waals surface area contributed by atoms with Crippen molar-refractivity contribution in [1.82, 2.24) is 4.90 Å². The first-order chi connectivity index (χ1) is 9.17. The molecule has 0 bridgehead atoms. The van der Waals surface area contributed by atoms with Gasteiger partial charge in [-0.1, -0.05) is 30.9 Å². The summed E-state index contributed by atoms with van der Waals surface area (Å²) < 4.78 is 0. The van der Waals surface area contributed by atoms with Gasteiger partial charge in [0.1, 0.15) is 0 Å². The highest BCUT2D eigenvalue weighted by Gasteiger charge is 2.08. The Labute approximate surface area is 117 Å². The topological polar surface area (TPSA) is 23.5 Å². The summed E-state index contributed by atoms with van der Waals surface area (Å²) in [5, 5.41) is 8.68. The van der Waals surface area contributed by atoms with Gasteiger partial charge < -0.3 is 5.11 Å². The lowest BCUT2D eigenvalue weighted by Gasteiger charge is -2.25. The molecule has 0 heterocycles. The van der Waals surface area contributed by atoms with E-state index in [0.717, 1.165) is 18.7 Å². The van der Waals surface area contributed by atoms with Gasteiger partial charge in [-0.2, -0.15) is 0 Å². The van der Waals surface area contributed by atoms with Gasteiger partial charge in [-0.05, 0) is 44.5 Å². The van der Waals surface area contributed by atoms with Crippen LogP contribution in [0.25, 0.3) is 0 Å². The summed E-state index contributed by atoms with van der Waals surface area (Å²) in [5.74, 6) is 5.99. The molecule has 2 nitrogen and oxygen atoms in total. The average Bonchev–Trinajstić information content (AvgIpc) is 2.40. The van der Waals surface area contributed by atoms with Gasteiger partial charge in [-0.3, -0.25) is 4.90 Å². The fraction of sp³-hybridized carbons (Fsp3) is 0.529. The Balaban J connectivity index is 2.63. The minimum atomic E-state index is 0.130. The summed E-state index contributed by atoms with van der Waals surface area (Å²) >= 11 is 0. The Morgan fingerprint density at radius 3 is 2.42 bits per heavy atom. The summed E-state index contributed by atoms with van der Waals surface area (Å²) in [4.78, 5) is 2.48. The van der Waals surface area contributed by atoms with Crippen molar-refractivity contribution in [2.75, 3.05) is 13.2 Å². The van der Waals surface area contributed by atoms with Crippen LogP contribution in [0.15, 0.2) is 24.3 Å². The number of hydrogen-bond acceptors (Lipinski definition) is 2. The monoisotopic (exact) mass is 259 g/mol. The van der Waals surface area contributed by atoms with E-state index in [2.05, 4.69) is 61.8 Å². The third-order valence-corrected chi connectivity index (χ3v) is 3.05. The molecule has 0 radical (unpaired) electrons. The maximum Gasteiger partial charge on any atom is 0.0540 e. The molecule has 0 aliphatic carbocycles. The number of aliphatic hydroxyl groups excluding tert-OH is 1. The van der Waals surface area contributed by atoms with Crippen LogP contribution in [0.2, 0.25) is 0 Å². The highest BCUT2D eigenvalue weighted by molar-refractivity contribution is 5.36. The molecule has 0 atom stereocenters. The maximum absolute atomic E-state index is 8.68. The first kappa shape index (κ1) is 15.8. The molecule has 1 N–H and O–H groups in total. The largest absolute Gasteiger partial charge is 0.395 e. The Hall–Kier alpha value is -1.30. The lowest BCUT2D eigenvalue weighted by Crippen LogP contribution is -2.30. The zero-order chi connectivity index (χ0) is 14.1. The Kier molecular flexibility index (Phi) is 7.25. The summed E-state index contributed by atoms with van der Waals surface area (Å²) in [6.07, 6.45) is 1.72. The molecule has 0 aliphatic heterocycles. The molecule has 0 saturated carbocycles. The van der Waals surface area contributed by atoms with E-state index in [-0.39, 0.29) is 6.61 Å². The molecule has 2 heteroatoms. The molecule has 0 amide bonds. The van der Waals surface area contributed by atoms with Gasteiger partial charge in [0.25, 0.3) is 0 Å². The number of aliphatic hydroxyl groups is 1. The van der Waals surface area contributed by atoms with Crippen LogP contribution in [0.3, 0.4) is 0 Å². The maximum atomic E-state index is 8.68. The van der Waals surface area contributed by atoms with Crippen molar-refractivity contribution in [3.05, 3.63) is 35.4 Å². The third-order valence-electron chi connectivity index (χ3n) is 3.05. The second-order valence-electron chi connectivity index (χ2n) is 5.04. The second kappa shape index (κ2) is 8.74. The van der Waals surface area contributed by atoms with Crippen molar-refractivity contribution in [2.45, 2.75) is 46.2 Å². The number of hydrogen-bond donors (Lipinski definition) is 1. The molecule has 104 valence electrons. The van der Waals surface area contributed by atoms with E-state index < -0.39 is 0 Å². The summed E-state index contributed by atoms with van der Waals surface area (Å²) in [7, 11) is 0. The van der Waals surface area contributed by atoms with Gasteiger partial charge in [0.2, 0.25) is 0 Å². The molecular formula is C17H25NO. The molecule has 1 aromatic carbocycles. The van der Waals surface area contributed by atoms with Gasteiger partial charge in [0, 0.05) is 24.6 Å². The van der Waals surface area contributed by atoms with Crippen molar-refractivity contribution in [3.8, 4) is 11.8 Å². The van der Waals surface area contributed by atoms with Gasteiger partial charge in [-0.15, -0.1) is 0 Å². The lowest BCUT2D eigenvalue weighted by atomic mass is 10.1. The molecule has 0 aliphatic rings. The molecule has 1 rings (SSSR count). The molecule has 1 aromatic rings. The van der Waals surface area contributed by atoms with Crippen molar-refractivity contribution in [1.29, 1.82) is 0 Å². The fourth-order valence-corrected chi connectivity index (χ4v) is 1.96. The van der Waals surface area contributed by atoms with E-state index in [0.29, 0.717) is 12.5 Å². The summed E-state index contributed by atoms with van der Waals surface area (Å²) in [6, 6.07) is 8.99. The van der Waals surface area contributed by atoms with Crippen LogP contribution < -0.4 is 0 Å². The van der Waals surface area contributed by atoms with E-state index in [1.165, 1.54) is 12.0 Å². The molecule has 0 spiro atoms. The van der Waals surface area contributed by atoms with E-state index in [1.807, 2.05) is 0 Å². The van der Waals surface area contributed by atoms with Gasteiger partial charge in [0.15, 0.2) is 0 Å². The van der Waals surface area contributed by atoms with E-state index >= 15 is 0 Å². The van der Waals surface area contributed by atoms with Crippen LogP contribution in [-0.2, 0) is 6.54 Å². The molecule has 0 unspecified atom stereocenters. The van der Waals surface area contributed by atoms with Crippen molar-refractivity contribution in [2.24, 2.45) is 0 Å². The summed E-state index contributed by atoms with van der Waals surface area (Å²) in [5.41, 5.74) is 2.35. The number of rotatable bonds is 6.